The van der Waals surface area contributed by atoms with Gasteiger partial charge < -0.3 is 10.6 Å². The minimum Gasteiger partial charge on any atom is -0.318 e. The molecule has 1 heterocycles. The molecule has 0 spiro atoms. The molecule has 1 aromatic carbocycles. The molecule has 2 N–H and O–H groups in total. The van der Waals surface area contributed by atoms with Gasteiger partial charge in [-0.3, -0.25) is 14.6 Å². The van der Waals surface area contributed by atoms with Crippen LogP contribution in [0.25, 0.3) is 0 Å². The number of carbonyl (C=O) groups excluding carboxylic acids is 2. The van der Waals surface area contributed by atoms with Crippen LogP contribution in [-0.4, -0.2) is 16.8 Å². The Hall–Kier alpha value is -2.69. The van der Waals surface area contributed by atoms with Crippen LogP contribution in [-0.2, 0) is 9.59 Å². The van der Waals surface area contributed by atoms with Crippen LogP contribution in [0.5, 0.6) is 0 Å². The maximum Gasteiger partial charge on any atom is 0.314 e. The first kappa shape index (κ1) is 13.7. The van der Waals surface area contributed by atoms with Crippen molar-refractivity contribution in [2.24, 2.45) is 0 Å². The maximum absolute atomic E-state index is 11.8. The van der Waals surface area contributed by atoms with Crippen molar-refractivity contribution < 1.29 is 9.59 Å². The lowest BCUT2D eigenvalue weighted by molar-refractivity contribution is -0.133. The summed E-state index contributed by atoms with van der Waals surface area (Å²) in [6.07, 6.45) is 3.06. The van der Waals surface area contributed by atoms with Crippen LogP contribution < -0.4 is 10.6 Å². The van der Waals surface area contributed by atoms with Gasteiger partial charge in [0.25, 0.3) is 0 Å². The highest BCUT2D eigenvalue weighted by Gasteiger charge is 2.14. The molecule has 0 radical (unpaired) electrons. The summed E-state index contributed by atoms with van der Waals surface area (Å²) in [5, 5.41) is 5.05. The lowest BCUT2D eigenvalue weighted by Gasteiger charge is -2.08. The summed E-state index contributed by atoms with van der Waals surface area (Å²) < 4.78 is 0. The van der Waals surface area contributed by atoms with Crippen molar-refractivity contribution >= 4 is 23.2 Å². The summed E-state index contributed by atoms with van der Waals surface area (Å²) in [6, 6.07) is 8.95. The van der Waals surface area contributed by atoms with Crippen LogP contribution >= 0.6 is 0 Å². The van der Waals surface area contributed by atoms with Crippen molar-refractivity contribution in [3.8, 4) is 0 Å². The van der Waals surface area contributed by atoms with Crippen LogP contribution in [0.2, 0.25) is 0 Å². The molecule has 5 nitrogen and oxygen atoms in total. The van der Waals surface area contributed by atoms with E-state index in [9.17, 15) is 9.59 Å². The van der Waals surface area contributed by atoms with E-state index < -0.39 is 11.8 Å². The van der Waals surface area contributed by atoms with Crippen molar-refractivity contribution in [2.45, 2.75) is 13.8 Å². The van der Waals surface area contributed by atoms with E-state index in [-0.39, 0.29) is 0 Å². The zero-order chi connectivity index (χ0) is 14.5. The zero-order valence-corrected chi connectivity index (χ0v) is 11.3. The Morgan fingerprint density at radius 3 is 2.10 bits per heavy atom. The van der Waals surface area contributed by atoms with Gasteiger partial charge in [0.05, 0.1) is 11.9 Å². The Labute approximate surface area is 117 Å². The third-order valence-corrected chi connectivity index (χ3v) is 2.61. The Bertz CT molecular complexity index is 619. The van der Waals surface area contributed by atoms with Gasteiger partial charge in [-0.1, -0.05) is 6.07 Å². The number of aryl methyl sites for hydroxylation is 2. The summed E-state index contributed by atoms with van der Waals surface area (Å²) in [7, 11) is 0. The molecule has 0 aliphatic heterocycles. The van der Waals surface area contributed by atoms with E-state index >= 15 is 0 Å². The second kappa shape index (κ2) is 5.97. The van der Waals surface area contributed by atoms with Crippen LogP contribution in [0.4, 0.5) is 11.4 Å². The minimum absolute atomic E-state index is 0.480. The van der Waals surface area contributed by atoms with Crippen molar-refractivity contribution in [3.05, 3.63) is 53.9 Å². The Morgan fingerprint density at radius 2 is 1.55 bits per heavy atom. The summed E-state index contributed by atoms with van der Waals surface area (Å²) >= 11 is 0. The number of anilines is 2. The van der Waals surface area contributed by atoms with Gasteiger partial charge >= 0.3 is 11.8 Å². The highest BCUT2D eigenvalue weighted by Crippen LogP contribution is 2.13. The number of nitrogens with one attached hydrogen (secondary N) is 2. The monoisotopic (exact) mass is 269 g/mol. The lowest BCUT2D eigenvalue weighted by atomic mass is 10.1. The SMILES string of the molecule is Cc1cc(C)cc(NC(=O)C(=O)Nc2cccnc2)c1. The number of carbonyl (C=O) groups is 2. The van der Waals surface area contributed by atoms with Gasteiger partial charge in [0, 0.05) is 11.9 Å². The number of amides is 2. The van der Waals surface area contributed by atoms with E-state index in [1.807, 2.05) is 32.0 Å². The fraction of sp³-hybridized carbons (Fsp3) is 0.133. The molecule has 0 unspecified atom stereocenters. The fourth-order valence-electron chi connectivity index (χ4n) is 1.86. The number of hydrogen-bond donors (Lipinski definition) is 2. The Morgan fingerprint density at radius 1 is 0.950 bits per heavy atom. The Balaban J connectivity index is 2.02. The normalized spacial score (nSPS) is 9.90. The summed E-state index contributed by atoms with van der Waals surface area (Å²) in [4.78, 5) is 27.4. The summed E-state index contributed by atoms with van der Waals surface area (Å²) in [5.74, 6) is -1.43. The van der Waals surface area contributed by atoms with Gasteiger partial charge in [-0.05, 0) is 49.2 Å². The average molecular weight is 269 g/mol. The van der Waals surface area contributed by atoms with E-state index in [1.165, 1.54) is 6.20 Å². The van der Waals surface area contributed by atoms with Gasteiger partial charge in [0.1, 0.15) is 0 Å². The van der Waals surface area contributed by atoms with Crippen molar-refractivity contribution in [1.29, 1.82) is 0 Å². The van der Waals surface area contributed by atoms with Crippen LogP contribution in [0.15, 0.2) is 42.7 Å². The minimum atomic E-state index is -0.725. The smallest absolute Gasteiger partial charge is 0.314 e. The molecule has 0 aliphatic carbocycles. The van der Waals surface area contributed by atoms with Gasteiger partial charge in [0.2, 0.25) is 0 Å². The van der Waals surface area contributed by atoms with Crippen molar-refractivity contribution in [1.82, 2.24) is 4.98 Å². The molecule has 1 aromatic heterocycles. The van der Waals surface area contributed by atoms with Gasteiger partial charge in [-0.25, -0.2) is 0 Å². The number of rotatable bonds is 2. The van der Waals surface area contributed by atoms with E-state index in [4.69, 9.17) is 0 Å². The fourth-order valence-corrected chi connectivity index (χ4v) is 1.86. The van der Waals surface area contributed by atoms with E-state index in [1.54, 1.807) is 18.3 Å². The van der Waals surface area contributed by atoms with Gasteiger partial charge in [-0.15, -0.1) is 0 Å². The lowest BCUT2D eigenvalue weighted by Crippen LogP contribution is -2.29. The number of pyridine rings is 1. The predicted molar refractivity (Wildman–Crippen MR) is 77.4 cm³/mol. The first-order valence-electron chi connectivity index (χ1n) is 6.15. The quantitative estimate of drug-likeness (QED) is 0.822. The molecular formula is C15H15N3O2. The maximum atomic E-state index is 11.8. The number of benzene rings is 1. The number of aromatic nitrogens is 1. The molecule has 0 saturated carbocycles. The molecule has 0 fully saturated rings. The third kappa shape index (κ3) is 3.65. The molecule has 5 heteroatoms. The molecule has 0 atom stereocenters. The van der Waals surface area contributed by atoms with Crippen LogP contribution in [0.3, 0.4) is 0 Å². The molecule has 0 saturated heterocycles. The molecule has 2 rings (SSSR count). The number of hydrogen-bond acceptors (Lipinski definition) is 3. The second-order valence-electron chi connectivity index (χ2n) is 4.53. The highest BCUT2D eigenvalue weighted by atomic mass is 16.2. The van der Waals surface area contributed by atoms with E-state index in [2.05, 4.69) is 15.6 Å². The second-order valence-corrected chi connectivity index (χ2v) is 4.53. The number of nitrogens with zero attached hydrogens (tertiary/aromatic N) is 1. The summed E-state index contributed by atoms with van der Waals surface area (Å²) in [5.41, 5.74) is 3.13. The zero-order valence-electron chi connectivity index (χ0n) is 11.3. The molecule has 102 valence electrons. The predicted octanol–water partition coefficient (Wildman–Crippen LogP) is 2.28. The summed E-state index contributed by atoms with van der Waals surface area (Å²) in [6.45, 7) is 3.86. The van der Waals surface area contributed by atoms with E-state index in [0.717, 1.165) is 11.1 Å². The molecule has 0 aliphatic rings. The molecular weight excluding hydrogens is 254 g/mol. The molecule has 20 heavy (non-hydrogen) atoms. The van der Waals surface area contributed by atoms with Crippen LogP contribution in [0.1, 0.15) is 11.1 Å². The first-order valence-corrected chi connectivity index (χ1v) is 6.15. The first-order chi connectivity index (χ1) is 9.54. The molecule has 2 amide bonds. The Kier molecular flexibility index (Phi) is 4.10. The average Bonchev–Trinajstić information content (AvgIpc) is 2.38. The van der Waals surface area contributed by atoms with Gasteiger partial charge in [-0.2, -0.15) is 0 Å². The van der Waals surface area contributed by atoms with Crippen molar-refractivity contribution in [3.63, 3.8) is 0 Å². The molecule has 0 bridgehead atoms. The van der Waals surface area contributed by atoms with Gasteiger partial charge in [0.15, 0.2) is 0 Å². The standard InChI is InChI=1S/C15H15N3O2/c1-10-6-11(2)8-13(7-10)18-15(20)14(19)17-12-4-3-5-16-9-12/h3-9H,1-2H3,(H,17,19)(H,18,20). The van der Waals surface area contributed by atoms with Crippen molar-refractivity contribution in [2.75, 3.05) is 10.6 Å². The largest absolute Gasteiger partial charge is 0.318 e. The van der Waals surface area contributed by atoms with E-state index in [0.29, 0.717) is 11.4 Å². The third-order valence-electron chi connectivity index (χ3n) is 2.61. The highest BCUT2D eigenvalue weighted by molar-refractivity contribution is 6.43. The molecule has 2 aromatic rings. The van der Waals surface area contributed by atoms with Crippen LogP contribution in [0, 0.1) is 13.8 Å². The topological polar surface area (TPSA) is 71.1 Å².